The van der Waals surface area contributed by atoms with Gasteiger partial charge in [-0.25, -0.2) is 0 Å². The summed E-state index contributed by atoms with van der Waals surface area (Å²) in [5.41, 5.74) is 1.78. The molecule has 2 aromatic rings. The van der Waals surface area contributed by atoms with Gasteiger partial charge in [0.1, 0.15) is 11.5 Å². The molecule has 0 radical (unpaired) electrons. The topological polar surface area (TPSA) is 47.6 Å². The summed E-state index contributed by atoms with van der Waals surface area (Å²) in [7, 11) is 0. The largest absolute Gasteiger partial charge is 0.492 e. The second-order valence-electron chi connectivity index (χ2n) is 5.61. The molecule has 0 heterocycles. The zero-order valence-electron chi connectivity index (χ0n) is 14.5. The van der Waals surface area contributed by atoms with Crippen LogP contribution in [0.1, 0.15) is 38.7 Å². The van der Waals surface area contributed by atoms with Crippen molar-refractivity contribution in [2.24, 2.45) is 0 Å². The number of nitrogens with one attached hydrogen (secondary N) is 1. The molecule has 0 bridgehead atoms. The summed E-state index contributed by atoms with van der Waals surface area (Å²) in [6.45, 7) is 6.71. The van der Waals surface area contributed by atoms with Crippen molar-refractivity contribution >= 4 is 11.6 Å². The molecular weight excluding hydrogens is 302 g/mol. The van der Waals surface area contributed by atoms with E-state index >= 15 is 0 Å². The molecule has 128 valence electrons. The summed E-state index contributed by atoms with van der Waals surface area (Å²) in [5.74, 6) is 1.61. The summed E-state index contributed by atoms with van der Waals surface area (Å²) >= 11 is 0. The molecule has 0 spiro atoms. The number of hydrogen-bond donors (Lipinski definition) is 1. The maximum absolute atomic E-state index is 12.2. The van der Waals surface area contributed by atoms with E-state index in [9.17, 15) is 4.79 Å². The molecule has 0 aromatic heterocycles. The van der Waals surface area contributed by atoms with Crippen molar-refractivity contribution in [3.63, 3.8) is 0 Å². The van der Waals surface area contributed by atoms with Gasteiger partial charge in [0.15, 0.2) is 6.61 Å². The first-order valence-electron chi connectivity index (χ1n) is 8.39. The molecule has 1 atom stereocenters. The molecule has 1 amide bonds. The van der Waals surface area contributed by atoms with E-state index in [1.165, 1.54) is 0 Å². The molecule has 4 nitrogen and oxygen atoms in total. The minimum absolute atomic E-state index is 0.0338. The molecule has 0 fully saturated rings. The van der Waals surface area contributed by atoms with E-state index in [1.807, 2.05) is 55.5 Å². The quantitative estimate of drug-likeness (QED) is 0.770. The van der Waals surface area contributed by atoms with Crippen LogP contribution in [0.5, 0.6) is 11.5 Å². The first-order chi connectivity index (χ1) is 11.7. The molecule has 0 aliphatic rings. The van der Waals surface area contributed by atoms with Crippen LogP contribution in [0.3, 0.4) is 0 Å². The molecule has 0 unspecified atom stereocenters. The van der Waals surface area contributed by atoms with E-state index in [4.69, 9.17) is 9.47 Å². The van der Waals surface area contributed by atoms with Crippen molar-refractivity contribution < 1.29 is 14.3 Å². The van der Waals surface area contributed by atoms with Gasteiger partial charge < -0.3 is 14.8 Å². The van der Waals surface area contributed by atoms with Crippen LogP contribution in [-0.4, -0.2) is 19.1 Å². The average Bonchev–Trinajstić information content (AvgIpc) is 2.61. The van der Waals surface area contributed by atoms with Gasteiger partial charge in [0, 0.05) is 0 Å². The molecule has 4 heteroatoms. The smallest absolute Gasteiger partial charge is 0.262 e. The zero-order valence-corrected chi connectivity index (χ0v) is 14.5. The van der Waals surface area contributed by atoms with Crippen molar-refractivity contribution in [3.8, 4) is 11.5 Å². The number of carbonyl (C=O) groups excluding carboxylic acids is 1. The predicted molar refractivity (Wildman–Crippen MR) is 96.9 cm³/mol. The van der Waals surface area contributed by atoms with Crippen LogP contribution in [0.15, 0.2) is 48.5 Å². The summed E-state index contributed by atoms with van der Waals surface area (Å²) in [6.07, 6.45) is 1.02. The Morgan fingerprint density at radius 1 is 1.00 bits per heavy atom. The molecule has 0 saturated heterocycles. The second-order valence-corrected chi connectivity index (χ2v) is 5.61. The Morgan fingerprint density at radius 2 is 1.67 bits per heavy atom. The number of ether oxygens (including phenoxy) is 2. The third-order valence-electron chi connectivity index (χ3n) is 3.88. The van der Waals surface area contributed by atoms with Gasteiger partial charge in [-0.3, -0.25) is 4.79 Å². The van der Waals surface area contributed by atoms with Crippen LogP contribution in [0.2, 0.25) is 0 Å². The van der Waals surface area contributed by atoms with Crippen LogP contribution in [0.4, 0.5) is 5.69 Å². The molecule has 0 aliphatic heterocycles. The summed E-state index contributed by atoms with van der Waals surface area (Å²) < 4.78 is 11.3. The van der Waals surface area contributed by atoms with Gasteiger partial charge in [0.25, 0.3) is 5.91 Å². The predicted octanol–water partition coefficient (Wildman–Crippen LogP) is 4.62. The van der Waals surface area contributed by atoms with Gasteiger partial charge in [-0.2, -0.15) is 0 Å². The minimum atomic E-state index is -0.207. The van der Waals surface area contributed by atoms with Crippen LogP contribution in [-0.2, 0) is 4.79 Å². The van der Waals surface area contributed by atoms with Crippen LogP contribution in [0.25, 0.3) is 0 Å². The highest BCUT2D eigenvalue weighted by Gasteiger charge is 2.12. The minimum Gasteiger partial charge on any atom is -0.492 e. The van der Waals surface area contributed by atoms with E-state index in [1.54, 1.807) is 0 Å². The van der Waals surface area contributed by atoms with Gasteiger partial charge in [-0.15, -0.1) is 0 Å². The van der Waals surface area contributed by atoms with Gasteiger partial charge in [0.05, 0.1) is 12.3 Å². The van der Waals surface area contributed by atoms with Crippen molar-refractivity contribution in [3.05, 3.63) is 54.1 Å². The SMILES string of the molecule is CCOc1ccccc1NC(=O)COc1ccccc1[C@@H](C)CC. The lowest BCUT2D eigenvalue weighted by molar-refractivity contribution is -0.118. The van der Waals surface area contributed by atoms with Crippen molar-refractivity contribution in [1.29, 1.82) is 0 Å². The Balaban J connectivity index is 2.00. The number of anilines is 1. The maximum atomic E-state index is 12.2. The molecule has 2 rings (SSSR count). The van der Waals surface area contributed by atoms with E-state index < -0.39 is 0 Å². The standard InChI is InChI=1S/C20H25NO3/c1-4-15(3)16-10-6-8-12-18(16)24-14-20(22)21-17-11-7-9-13-19(17)23-5-2/h6-13,15H,4-5,14H2,1-3H3,(H,21,22)/t15-/m0/s1. The van der Waals surface area contributed by atoms with E-state index in [0.29, 0.717) is 24.0 Å². The number of hydrogen-bond acceptors (Lipinski definition) is 3. The maximum Gasteiger partial charge on any atom is 0.262 e. The van der Waals surface area contributed by atoms with Crippen LogP contribution >= 0.6 is 0 Å². The van der Waals surface area contributed by atoms with Gasteiger partial charge in [0.2, 0.25) is 0 Å². The lowest BCUT2D eigenvalue weighted by Gasteiger charge is -2.16. The lowest BCUT2D eigenvalue weighted by Crippen LogP contribution is -2.21. The second kappa shape index (κ2) is 8.96. The molecule has 24 heavy (non-hydrogen) atoms. The fourth-order valence-corrected chi connectivity index (χ4v) is 2.42. The average molecular weight is 327 g/mol. The number of amides is 1. The third kappa shape index (κ3) is 4.75. The molecular formula is C20H25NO3. The third-order valence-corrected chi connectivity index (χ3v) is 3.88. The first kappa shape index (κ1) is 17.9. The van der Waals surface area contributed by atoms with E-state index in [-0.39, 0.29) is 12.5 Å². The fourth-order valence-electron chi connectivity index (χ4n) is 2.42. The Hall–Kier alpha value is -2.49. The van der Waals surface area contributed by atoms with Crippen molar-refractivity contribution in [2.75, 3.05) is 18.5 Å². The fraction of sp³-hybridized carbons (Fsp3) is 0.350. The zero-order chi connectivity index (χ0) is 17.4. The number of para-hydroxylation sites is 3. The molecule has 0 saturated carbocycles. The monoisotopic (exact) mass is 327 g/mol. The normalized spacial score (nSPS) is 11.6. The Kier molecular flexibility index (Phi) is 6.67. The van der Waals surface area contributed by atoms with Gasteiger partial charge >= 0.3 is 0 Å². The van der Waals surface area contributed by atoms with Gasteiger partial charge in [-0.05, 0) is 43.0 Å². The molecule has 1 N–H and O–H groups in total. The summed E-state index contributed by atoms with van der Waals surface area (Å²) in [6, 6.07) is 15.2. The Bertz CT molecular complexity index is 669. The first-order valence-corrected chi connectivity index (χ1v) is 8.39. The number of benzene rings is 2. The molecule has 2 aromatic carbocycles. The lowest BCUT2D eigenvalue weighted by atomic mass is 9.98. The highest BCUT2D eigenvalue weighted by molar-refractivity contribution is 5.93. The van der Waals surface area contributed by atoms with Gasteiger partial charge in [-0.1, -0.05) is 44.2 Å². The number of rotatable bonds is 8. The Labute approximate surface area is 143 Å². The molecule has 0 aliphatic carbocycles. The highest BCUT2D eigenvalue weighted by Crippen LogP contribution is 2.28. The summed E-state index contributed by atoms with van der Waals surface area (Å²) in [5, 5.41) is 2.84. The van der Waals surface area contributed by atoms with Crippen LogP contribution < -0.4 is 14.8 Å². The highest BCUT2D eigenvalue weighted by atomic mass is 16.5. The Morgan fingerprint density at radius 3 is 2.38 bits per heavy atom. The van der Waals surface area contributed by atoms with E-state index in [2.05, 4.69) is 19.2 Å². The van der Waals surface area contributed by atoms with Crippen molar-refractivity contribution in [2.45, 2.75) is 33.1 Å². The van der Waals surface area contributed by atoms with Crippen molar-refractivity contribution in [1.82, 2.24) is 0 Å². The van der Waals surface area contributed by atoms with E-state index in [0.717, 1.165) is 17.7 Å². The number of carbonyl (C=O) groups is 1. The van der Waals surface area contributed by atoms with Crippen LogP contribution in [0, 0.1) is 0 Å². The summed E-state index contributed by atoms with van der Waals surface area (Å²) in [4.78, 5) is 12.2.